The molecule has 0 aromatic heterocycles. The lowest BCUT2D eigenvalue weighted by molar-refractivity contribution is -0.145. The number of likely N-dealkylation sites (tertiary alicyclic amines) is 1. The van der Waals surface area contributed by atoms with E-state index in [0.29, 0.717) is 23.6 Å². The monoisotopic (exact) mass is 646 g/mol. The normalized spacial score (nSPS) is 21.1. The fourth-order valence-corrected chi connectivity index (χ4v) is 5.82. The Morgan fingerprint density at radius 1 is 1.13 bits per heavy atom. The molecule has 1 fully saturated rings. The molecular formula is C33H47ClN4O7. The molecule has 1 aromatic carbocycles. The Morgan fingerprint density at radius 3 is 2.40 bits per heavy atom. The Hall–Kier alpha value is -3.31. The molecule has 3 rings (SSSR count). The molecule has 1 spiro atoms. The van der Waals surface area contributed by atoms with Gasteiger partial charge in [-0.2, -0.15) is 0 Å². The van der Waals surface area contributed by atoms with Crippen molar-refractivity contribution >= 4 is 46.6 Å². The standard InChI is InChI=1S/C33H47ClN4O7/c1-9-12-22(27(41)25(39)10-2)35-29(42)24-17-33(16-23(37-45-33)20-13-11-14-21(34)15-20)19-38(24)30(43)28(31(3,4)5)36-26(40)18-32(6,7)44-8/h11,13-15,22,24,28H,9-10,12,16-19H2,1-8H3,(H,35,42)(H,36,40)/t22-,24-,28+,33+/m0/s1. The number of oxime groups is 1. The van der Waals surface area contributed by atoms with Gasteiger partial charge in [-0.25, -0.2) is 0 Å². The molecule has 0 aliphatic carbocycles. The zero-order valence-electron chi connectivity index (χ0n) is 27.6. The Bertz CT molecular complexity index is 1340. The third-order valence-corrected chi connectivity index (χ3v) is 8.58. The summed E-state index contributed by atoms with van der Waals surface area (Å²) in [5.41, 5.74) is -1.12. The highest BCUT2D eigenvalue weighted by molar-refractivity contribution is 6.39. The molecule has 11 nitrogen and oxygen atoms in total. The van der Waals surface area contributed by atoms with Gasteiger partial charge in [0.25, 0.3) is 0 Å². The maximum Gasteiger partial charge on any atom is 0.246 e. The predicted molar refractivity (Wildman–Crippen MR) is 171 cm³/mol. The molecule has 45 heavy (non-hydrogen) atoms. The smallest absolute Gasteiger partial charge is 0.246 e. The number of Topliss-reactive ketones (excluding diaryl/α,β-unsaturated/α-hetero) is 2. The lowest BCUT2D eigenvalue weighted by atomic mass is 9.85. The second kappa shape index (κ2) is 14.4. The highest BCUT2D eigenvalue weighted by Crippen LogP contribution is 2.40. The number of rotatable bonds is 13. The van der Waals surface area contributed by atoms with Crippen molar-refractivity contribution in [2.75, 3.05) is 13.7 Å². The number of ketones is 2. The maximum atomic E-state index is 14.4. The van der Waals surface area contributed by atoms with E-state index in [1.54, 1.807) is 39.0 Å². The summed E-state index contributed by atoms with van der Waals surface area (Å²) >= 11 is 6.21. The second-order valence-electron chi connectivity index (χ2n) is 13.7. The molecule has 0 unspecified atom stereocenters. The quantitative estimate of drug-likeness (QED) is 0.309. The third-order valence-electron chi connectivity index (χ3n) is 8.35. The molecule has 1 aromatic rings. The number of methoxy groups -OCH3 is 1. The highest BCUT2D eigenvalue weighted by Gasteiger charge is 2.55. The topological polar surface area (TPSA) is 143 Å². The Kier molecular flexibility index (Phi) is 11.6. The molecule has 3 amide bonds. The summed E-state index contributed by atoms with van der Waals surface area (Å²) in [7, 11) is 1.51. The molecule has 1 saturated heterocycles. The van der Waals surface area contributed by atoms with Crippen LogP contribution >= 0.6 is 11.6 Å². The van der Waals surface area contributed by atoms with Crippen molar-refractivity contribution in [2.24, 2.45) is 10.6 Å². The molecule has 0 saturated carbocycles. The molecule has 4 atom stereocenters. The minimum atomic E-state index is -1.05. The number of nitrogens with zero attached hydrogens (tertiary/aromatic N) is 2. The number of ether oxygens (including phenoxy) is 1. The highest BCUT2D eigenvalue weighted by atomic mass is 35.5. The van der Waals surface area contributed by atoms with Crippen molar-refractivity contribution in [1.82, 2.24) is 15.5 Å². The van der Waals surface area contributed by atoms with Gasteiger partial charge < -0.3 is 25.1 Å². The third kappa shape index (κ3) is 8.91. The molecule has 2 heterocycles. The van der Waals surface area contributed by atoms with Gasteiger partial charge in [-0.3, -0.25) is 24.0 Å². The van der Waals surface area contributed by atoms with E-state index < -0.39 is 58.1 Å². The molecule has 248 valence electrons. The van der Waals surface area contributed by atoms with Gasteiger partial charge in [-0.1, -0.05) is 69.9 Å². The molecule has 0 bridgehead atoms. The summed E-state index contributed by atoms with van der Waals surface area (Å²) < 4.78 is 5.40. The fraction of sp³-hybridized carbons (Fsp3) is 0.636. The summed E-state index contributed by atoms with van der Waals surface area (Å²) in [6.45, 7) is 12.5. The van der Waals surface area contributed by atoms with Gasteiger partial charge in [0.2, 0.25) is 23.5 Å². The van der Waals surface area contributed by atoms with Crippen LogP contribution in [0.2, 0.25) is 5.02 Å². The first-order valence-electron chi connectivity index (χ1n) is 15.5. The van der Waals surface area contributed by atoms with Crippen LogP contribution in [-0.2, 0) is 33.5 Å². The number of carbonyl (C=O) groups excluding carboxylic acids is 5. The van der Waals surface area contributed by atoms with Gasteiger partial charge in [-0.05, 0) is 37.8 Å². The first kappa shape index (κ1) is 36.2. The number of halogens is 1. The van der Waals surface area contributed by atoms with Crippen LogP contribution in [0.3, 0.4) is 0 Å². The first-order chi connectivity index (χ1) is 21.0. The number of benzene rings is 1. The van der Waals surface area contributed by atoms with Gasteiger partial charge in [0.05, 0.1) is 30.3 Å². The van der Waals surface area contributed by atoms with Crippen LogP contribution in [0.4, 0.5) is 0 Å². The first-order valence-corrected chi connectivity index (χ1v) is 15.9. The van der Waals surface area contributed by atoms with Gasteiger partial charge in [-0.15, -0.1) is 0 Å². The van der Waals surface area contributed by atoms with Crippen molar-refractivity contribution in [3.63, 3.8) is 0 Å². The second-order valence-corrected chi connectivity index (χ2v) is 14.1. The van der Waals surface area contributed by atoms with E-state index in [1.807, 2.05) is 33.8 Å². The van der Waals surface area contributed by atoms with E-state index >= 15 is 0 Å². The van der Waals surface area contributed by atoms with E-state index in [-0.39, 0.29) is 38.1 Å². The van der Waals surface area contributed by atoms with Gasteiger partial charge in [0.15, 0.2) is 11.4 Å². The van der Waals surface area contributed by atoms with Crippen molar-refractivity contribution in [3.05, 3.63) is 34.9 Å². The van der Waals surface area contributed by atoms with Crippen LogP contribution in [0.1, 0.15) is 92.6 Å². The summed E-state index contributed by atoms with van der Waals surface area (Å²) in [4.78, 5) is 74.0. The Balaban J connectivity index is 1.95. The van der Waals surface area contributed by atoms with Crippen LogP contribution in [-0.4, -0.2) is 82.9 Å². The van der Waals surface area contributed by atoms with E-state index in [4.69, 9.17) is 21.2 Å². The predicted octanol–water partition coefficient (Wildman–Crippen LogP) is 3.98. The zero-order chi connectivity index (χ0) is 33.7. The number of hydrogen-bond donors (Lipinski definition) is 2. The number of nitrogens with one attached hydrogen (secondary N) is 2. The van der Waals surface area contributed by atoms with Gasteiger partial charge in [0.1, 0.15) is 12.1 Å². The van der Waals surface area contributed by atoms with E-state index in [2.05, 4.69) is 15.8 Å². The summed E-state index contributed by atoms with van der Waals surface area (Å²) in [5.74, 6) is -2.65. The lowest BCUT2D eigenvalue weighted by Crippen LogP contribution is -2.59. The van der Waals surface area contributed by atoms with Crippen LogP contribution in [0.15, 0.2) is 29.4 Å². The molecular weight excluding hydrogens is 600 g/mol. The zero-order valence-corrected chi connectivity index (χ0v) is 28.4. The van der Waals surface area contributed by atoms with Gasteiger partial charge in [0, 0.05) is 37.0 Å². The van der Waals surface area contributed by atoms with Crippen LogP contribution in [0.25, 0.3) is 0 Å². The maximum absolute atomic E-state index is 14.4. The molecule has 2 aliphatic rings. The average Bonchev–Trinajstić information content (AvgIpc) is 3.57. The van der Waals surface area contributed by atoms with Crippen LogP contribution < -0.4 is 10.6 Å². The molecule has 12 heteroatoms. The van der Waals surface area contributed by atoms with Crippen molar-refractivity contribution in [2.45, 2.75) is 116 Å². The molecule has 2 N–H and O–H groups in total. The molecule has 0 radical (unpaired) electrons. The minimum absolute atomic E-state index is 0.0173. The Labute approximate surface area is 270 Å². The lowest BCUT2D eigenvalue weighted by Gasteiger charge is -2.36. The fourth-order valence-electron chi connectivity index (χ4n) is 5.63. The van der Waals surface area contributed by atoms with E-state index in [1.165, 1.54) is 12.0 Å². The van der Waals surface area contributed by atoms with Crippen LogP contribution in [0, 0.1) is 5.41 Å². The number of carbonyl (C=O) groups is 5. The summed E-state index contributed by atoms with van der Waals surface area (Å²) in [5, 5.41) is 10.5. The van der Waals surface area contributed by atoms with Crippen molar-refractivity contribution in [3.8, 4) is 0 Å². The van der Waals surface area contributed by atoms with Gasteiger partial charge >= 0.3 is 0 Å². The summed E-state index contributed by atoms with van der Waals surface area (Å²) in [6.07, 6.45) is 1.27. The average molecular weight is 647 g/mol. The molecule has 2 aliphatic heterocycles. The van der Waals surface area contributed by atoms with Crippen LogP contribution in [0.5, 0.6) is 0 Å². The Morgan fingerprint density at radius 2 is 1.82 bits per heavy atom. The van der Waals surface area contributed by atoms with Crippen molar-refractivity contribution in [1.29, 1.82) is 0 Å². The number of amides is 3. The summed E-state index contributed by atoms with van der Waals surface area (Å²) in [6, 6.07) is 4.12. The van der Waals surface area contributed by atoms with E-state index in [9.17, 15) is 24.0 Å². The minimum Gasteiger partial charge on any atom is -0.387 e. The SMILES string of the molecule is CCC[C@H](NC(=O)[C@@H]1C[C@]2(CC(c3cccc(Cl)c3)=NO2)CN1C(=O)[C@@H](NC(=O)CC(C)(C)OC)C(C)(C)C)C(=O)C(=O)CC. The van der Waals surface area contributed by atoms with E-state index in [0.717, 1.165) is 5.56 Å². The number of hydrogen-bond acceptors (Lipinski definition) is 8. The largest absolute Gasteiger partial charge is 0.387 e. The van der Waals surface area contributed by atoms with Crippen molar-refractivity contribution < 1.29 is 33.5 Å².